The Kier molecular flexibility index (Phi) is 10.5. The molecule has 0 bridgehead atoms. The summed E-state index contributed by atoms with van der Waals surface area (Å²) in [6, 6.07) is 0. The minimum Gasteiger partial charge on any atom is -0.381 e. The van der Waals surface area contributed by atoms with E-state index in [4.69, 9.17) is 9.47 Å². The second-order valence-corrected chi connectivity index (χ2v) is 6.86. The molecule has 0 aromatic carbocycles. The van der Waals surface area contributed by atoms with Crippen LogP contribution >= 0.6 is 24.0 Å². The molecule has 0 amide bonds. The molecule has 5 nitrogen and oxygen atoms in total. The summed E-state index contributed by atoms with van der Waals surface area (Å²) in [5, 5.41) is 3.49. The predicted octanol–water partition coefficient (Wildman–Crippen LogP) is 2.74. The van der Waals surface area contributed by atoms with Crippen LogP contribution in [0.25, 0.3) is 0 Å². The highest BCUT2D eigenvalue weighted by Gasteiger charge is 2.23. The number of piperidine rings is 1. The fourth-order valence-electron chi connectivity index (χ4n) is 3.53. The standard InChI is InChI=1S/C17H33N3O2.HI/c1-14-11-15(2)13-20(12-14)17(18-3)19-7-4-8-22-16-5-9-21-10-6-16;/h14-16H,4-13H2,1-3H3,(H,18,19);1H. The summed E-state index contributed by atoms with van der Waals surface area (Å²) < 4.78 is 11.2. The van der Waals surface area contributed by atoms with E-state index in [1.54, 1.807) is 0 Å². The van der Waals surface area contributed by atoms with E-state index >= 15 is 0 Å². The van der Waals surface area contributed by atoms with Crippen LogP contribution < -0.4 is 5.32 Å². The first-order valence-corrected chi connectivity index (χ1v) is 8.84. The van der Waals surface area contributed by atoms with Crippen LogP contribution in [0.2, 0.25) is 0 Å². The Balaban J connectivity index is 0.00000264. The van der Waals surface area contributed by atoms with Gasteiger partial charge < -0.3 is 19.7 Å². The molecule has 0 aromatic rings. The minimum absolute atomic E-state index is 0. The summed E-state index contributed by atoms with van der Waals surface area (Å²) in [4.78, 5) is 6.84. The summed E-state index contributed by atoms with van der Waals surface area (Å²) >= 11 is 0. The van der Waals surface area contributed by atoms with Crippen molar-refractivity contribution in [2.24, 2.45) is 16.8 Å². The zero-order valence-electron chi connectivity index (χ0n) is 14.9. The third kappa shape index (κ3) is 7.56. The zero-order valence-corrected chi connectivity index (χ0v) is 17.3. The van der Waals surface area contributed by atoms with Crippen LogP contribution in [0.1, 0.15) is 39.5 Å². The molecule has 2 unspecified atom stereocenters. The lowest BCUT2D eigenvalue weighted by Crippen LogP contribution is -2.48. The van der Waals surface area contributed by atoms with E-state index in [9.17, 15) is 0 Å². The normalized spacial score (nSPS) is 26.7. The van der Waals surface area contributed by atoms with Crippen LogP contribution in [0.5, 0.6) is 0 Å². The quantitative estimate of drug-likeness (QED) is 0.310. The SMILES string of the molecule is CN=C(NCCCOC1CCOCC1)N1CC(C)CC(C)C1.I. The first-order valence-electron chi connectivity index (χ1n) is 8.84. The fraction of sp³-hybridized carbons (Fsp3) is 0.941. The Labute approximate surface area is 158 Å². The van der Waals surface area contributed by atoms with Crippen molar-refractivity contribution in [2.45, 2.75) is 45.6 Å². The van der Waals surface area contributed by atoms with E-state index in [2.05, 4.69) is 29.1 Å². The molecule has 2 rings (SSSR count). The van der Waals surface area contributed by atoms with Gasteiger partial charge in [0.15, 0.2) is 5.96 Å². The van der Waals surface area contributed by atoms with E-state index in [-0.39, 0.29) is 24.0 Å². The number of hydrogen-bond acceptors (Lipinski definition) is 3. The van der Waals surface area contributed by atoms with E-state index < -0.39 is 0 Å². The summed E-state index contributed by atoms with van der Waals surface area (Å²) in [6.45, 7) is 10.3. The number of hydrogen-bond donors (Lipinski definition) is 1. The first-order chi connectivity index (χ1) is 10.7. The number of rotatable bonds is 5. The summed E-state index contributed by atoms with van der Waals surface area (Å²) in [5.74, 6) is 2.54. The number of likely N-dealkylation sites (tertiary alicyclic amines) is 1. The molecule has 6 heteroatoms. The van der Waals surface area contributed by atoms with Gasteiger partial charge in [-0.15, -0.1) is 24.0 Å². The molecule has 136 valence electrons. The number of aliphatic imine (C=N–C) groups is 1. The number of nitrogens with one attached hydrogen (secondary N) is 1. The second-order valence-electron chi connectivity index (χ2n) is 6.86. The molecular formula is C17H34IN3O2. The molecule has 2 heterocycles. The van der Waals surface area contributed by atoms with Crippen LogP contribution in [-0.2, 0) is 9.47 Å². The average Bonchev–Trinajstić information content (AvgIpc) is 2.51. The Morgan fingerprint density at radius 1 is 1.22 bits per heavy atom. The van der Waals surface area contributed by atoms with Crippen LogP contribution in [-0.4, -0.2) is 63.5 Å². The highest BCUT2D eigenvalue weighted by atomic mass is 127. The lowest BCUT2D eigenvalue weighted by atomic mass is 9.92. The van der Waals surface area contributed by atoms with Gasteiger partial charge in [0.25, 0.3) is 0 Å². The molecule has 1 N–H and O–H groups in total. The van der Waals surface area contributed by atoms with Gasteiger partial charge in [0.05, 0.1) is 6.10 Å². The highest BCUT2D eigenvalue weighted by Crippen LogP contribution is 2.20. The molecule has 2 aliphatic heterocycles. The van der Waals surface area contributed by atoms with Gasteiger partial charge in [-0.25, -0.2) is 0 Å². The topological polar surface area (TPSA) is 46.1 Å². The Bertz CT molecular complexity index is 339. The zero-order chi connectivity index (χ0) is 15.8. The number of halogens is 1. The van der Waals surface area contributed by atoms with Crippen molar-refractivity contribution in [3.8, 4) is 0 Å². The molecule has 0 aliphatic carbocycles. The molecule has 0 saturated carbocycles. The van der Waals surface area contributed by atoms with Crippen molar-refractivity contribution in [2.75, 3.05) is 46.5 Å². The van der Waals surface area contributed by atoms with Crippen molar-refractivity contribution in [1.82, 2.24) is 10.2 Å². The maximum atomic E-state index is 5.90. The largest absolute Gasteiger partial charge is 0.381 e. The van der Waals surface area contributed by atoms with Crippen LogP contribution in [0.4, 0.5) is 0 Å². The monoisotopic (exact) mass is 439 g/mol. The molecule has 2 fully saturated rings. The fourth-order valence-corrected chi connectivity index (χ4v) is 3.53. The Hall–Kier alpha value is -0.0800. The van der Waals surface area contributed by atoms with Crippen molar-refractivity contribution >= 4 is 29.9 Å². The van der Waals surface area contributed by atoms with Gasteiger partial charge in [-0.1, -0.05) is 13.8 Å². The van der Waals surface area contributed by atoms with Crippen LogP contribution in [0.15, 0.2) is 4.99 Å². The Morgan fingerprint density at radius 2 is 1.87 bits per heavy atom. The molecule has 2 saturated heterocycles. The minimum atomic E-state index is 0. The number of ether oxygens (including phenoxy) is 2. The second kappa shape index (κ2) is 11.5. The molecule has 0 radical (unpaired) electrons. The number of guanidine groups is 1. The van der Waals surface area contributed by atoms with Crippen molar-refractivity contribution in [3.05, 3.63) is 0 Å². The van der Waals surface area contributed by atoms with Gasteiger partial charge >= 0.3 is 0 Å². The van der Waals surface area contributed by atoms with Gasteiger partial charge in [-0.3, -0.25) is 4.99 Å². The maximum absolute atomic E-state index is 5.90. The van der Waals surface area contributed by atoms with Gasteiger partial charge in [0.2, 0.25) is 0 Å². The van der Waals surface area contributed by atoms with E-state index in [1.165, 1.54) is 6.42 Å². The molecule has 0 spiro atoms. The molecular weight excluding hydrogens is 405 g/mol. The average molecular weight is 439 g/mol. The van der Waals surface area contributed by atoms with E-state index in [0.717, 1.165) is 76.5 Å². The highest BCUT2D eigenvalue weighted by molar-refractivity contribution is 14.0. The predicted molar refractivity (Wildman–Crippen MR) is 106 cm³/mol. The third-order valence-corrected chi connectivity index (χ3v) is 4.51. The van der Waals surface area contributed by atoms with Gasteiger partial charge in [-0.05, 0) is 37.5 Å². The summed E-state index contributed by atoms with van der Waals surface area (Å²) in [7, 11) is 1.88. The molecule has 2 aliphatic rings. The summed E-state index contributed by atoms with van der Waals surface area (Å²) in [5.41, 5.74) is 0. The van der Waals surface area contributed by atoms with Crippen molar-refractivity contribution in [3.63, 3.8) is 0 Å². The van der Waals surface area contributed by atoms with Crippen molar-refractivity contribution in [1.29, 1.82) is 0 Å². The number of nitrogens with zero attached hydrogens (tertiary/aromatic N) is 2. The lowest BCUT2D eigenvalue weighted by molar-refractivity contribution is -0.0320. The van der Waals surface area contributed by atoms with Crippen molar-refractivity contribution < 1.29 is 9.47 Å². The molecule has 23 heavy (non-hydrogen) atoms. The van der Waals surface area contributed by atoms with E-state index in [1.807, 2.05) is 7.05 Å². The smallest absolute Gasteiger partial charge is 0.193 e. The molecule has 0 aromatic heterocycles. The van der Waals surface area contributed by atoms with Crippen LogP contribution in [0.3, 0.4) is 0 Å². The van der Waals surface area contributed by atoms with Gasteiger partial charge in [0, 0.05) is 46.5 Å². The maximum Gasteiger partial charge on any atom is 0.193 e. The summed E-state index contributed by atoms with van der Waals surface area (Å²) in [6.07, 6.45) is 4.83. The van der Waals surface area contributed by atoms with Gasteiger partial charge in [0.1, 0.15) is 0 Å². The lowest BCUT2D eigenvalue weighted by Gasteiger charge is -2.37. The third-order valence-electron chi connectivity index (χ3n) is 4.51. The van der Waals surface area contributed by atoms with Gasteiger partial charge in [-0.2, -0.15) is 0 Å². The van der Waals surface area contributed by atoms with E-state index in [0.29, 0.717) is 6.10 Å². The van der Waals surface area contributed by atoms with Crippen LogP contribution in [0, 0.1) is 11.8 Å². The Morgan fingerprint density at radius 3 is 2.48 bits per heavy atom. The molecule has 2 atom stereocenters. The first kappa shape index (κ1) is 21.0.